The number of carbonyl (C=O) groups excluding carboxylic acids is 1. The minimum Gasteiger partial charge on any atom is -0.382 e. The lowest BCUT2D eigenvalue weighted by molar-refractivity contribution is 0.102. The van der Waals surface area contributed by atoms with Gasteiger partial charge in [0.05, 0.1) is 16.8 Å². The van der Waals surface area contributed by atoms with E-state index in [1.54, 1.807) is 30.3 Å². The Kier molecular flexibility index (Phi) is 3.16. The third-order valence-electron chi connectivity index (χ3n) is 3.59. The van der Waals surface area contributed by atoms with Crippen molar-refractivity contribution in [1.82, 2.24) is 30.4 Å². The third-order valence-corrected chi connectivity index (χ3v) is 3.59. The highest BCUT2D eigenvalue weighted by Gasteiger charge is 2.14. The van der Waals surface area contributed by atoms with Crippen LogP contribution in [0.1, 0.15) is 10.4 Å². The van der Waals surface area contributed by atoms with Gasteiger partial charge in [-0.2, -0.15) is 9.78 Å². The van der Waals surface area contributed by atoms with Crippen molar-refractivity contribution in [3.63, 3.8) is 0 Å². The average molecular weight is 320 g/mol. The quantitative estimate of drug-likeness (QED) is 0.523. The molecule has 2 aromatic carbocycles. The van der Waals surface area contributed by atoms with Crippen molar-refractivity contribution in [3.05, 3.63) is 54.4 Å². The highest BCUT2D eigenvalue weighted by atomic mass is 16.1. The van der Waals surface area contributed by atoms with Gasteiger partial charge >= 0.3 is 0 Å². The lowest BCUT2D eigenvalue weighted by atomic mass is 10.1. The number of hydrogen-bond acceptors (Lipinski definition) is 6. The van der Waals surface area contributed by atoms with Gasteiger partial charge in [-0.25, -0.2) is 0 Å². The van der Waals surface area contributed by atoms with E-state index in [1.165, 1.54) is 11.0 Å². The molecule has 0 bridgehead atoms. The average Bonchev–Trinajstić information content (AvgIpc) is 3.26. The summed E-state index contributed by atoms with van der Waals surface area (Å²) in [4.78, 5) is 12.6. The number of nitrogens with one attached hydrogen (secondary N) is 2. The number of rotatable bonds is 3. The van der Waals surface area contributed by atoms with Crippen LogP contribution in [-0.4, -0.2) is 36.3 Å². The van der Waals surface area contributed by atoms with Gasteiger partial charge in [0.25, 0.3) is 5.91 Å². The lowest BCUT2D eigenvalue weighted by Crippen LogP contribution is -2.15. The van der Waals surface area contributed by atoms with Gasteiger partial charge in [-0.15, -0.1) is 5.10 Å². The van der Waals surface area contributed by atoms with Crippen molar-refractivity contribution >= 4 is 28.3 Å². The van der Waals surface area contributed by atoms with Crippen LogP contribution >= 0.6 is 0 Å². The van der Waals surface area contributed by atoms with E-state index in [0.29, 0.717) is 22.8 Å². The van der Waals surface area contributed by atoms with E-state index >= 15 is 0 Å². The molecule has 0 radical (unpaired) electrons. The zero-order chi connectivity index (χ0) is 16.5. The maximum atomic E-state index is 12.6. The predicted octanol–water partition coefficient (Wildman–Crippen LogP) is 1.37. The number of nitrogen functional groups attached to an aromatic ring is 1. The second kappa shape index (κ2) is 5.47. The van der Waals surface area contributed by atoms with Gasteiger partial charge in [-0.1, -0.05) is 12.1 Å². The zero-order valence-corrected chi connectivity index (χ0v) is 12.3. The number of hydrogen-bond donors (Lipinski definition) is 3. The number of aromatic nitrogens is 6. The van der Waals surface area contributed by atoms with Gasteiger partial charge < -0.3 is 11.1 Å². The van der Waals surface area contributed by atoms with E-state index in [-0.39, 0.29) is 5.91 Å². The summed E-state index contributed by atoms with van der Waals surface area (Å²) in [6.07, 6.45) is 1.43. The number of amides is 1. The topological polar surface area (TPSA) is 127 Å². The molecule has 0 aliphatic rings. The normalized spacial score (nSPS) is 10.8. The van der Waals surface area contributed by atoms with Gasteiger partial charge in [0.15, 0.2) is 5.82 Å². The van der Waals surface area contributed by atoms with Crippen molar-refractivity contribution in [1.29, 1.82) is 0 Å². The molecule has 0 aliphatic heterocycles. The predicted molar refractivity (Wildman–Crippen MR) is 87.6 cm³/mol. The molecule has 4 N–H and O–H groups in total. The van der Waals surface area contributed by atoms with Crippen LogP contribution in [0.5, 0.6) is 0 Å². The molecule has 0 saturated heterocycles. The van der Waals surface area contributed by atoms with Crippen molar-refractivity contribution in [2.45, 2.75) is 0 Å². The molecule has 9 nitrogen and oxygen atoms in total. The summed E-state index contributed by atoms with van der Waals surface area (Å²) in [6, 6.07) is 12.4. The largest absolute Gasteiger partial charge is 0.382 e. The molecule has 24 heavy (non-hydrogen) atoms. The first-order valence-electron chi connectivity index (χ1n) is 7.10. The number of carbonyl (C=O) groups is 1. The number of nitrogens with zero attached hydrogens (tertiary/aromatic N) is 5. The molecule has 4 aromatic rings. The molecule has 4 rings (SSSR count). The summed E-state index contributed by atoms with van der Waals surface area (Å²) in [5.41, 5.74) is 8.25. The number of tetrazole rings is 1. The molecule has 0 aliphatic carbocycles. The SMILES string of the molecule is Nc1n[nH]c2ccc(NC(=O)c3ccccc3-n3cnnn3)cc12. The van der Waals surface area contributed by atoms with E-state index in [2.05, 4.69) is 31.0 Å². The molecule has 9 heteroatoms. The van der Waals surface area contributed by atoms with E-state index in [4.69, 9.17) is 5.73 Å². The van der Waals surface area contributed by atoms with E-state index in [0.717, 1.165) is 10.9 Å². The maximum Gasteiger partial charge on any atom is 0.257 e. The van der Waals surface area contributed by atoms with Crippen LogP contribution in [0.25, 0.3) is 16.6 Å². The van der Waals surface area contributed by atoms with Crippen LogP contribution in [0.3, 0.4) is 0 Å². The summed E-state index contributed by atoms with van der Waals surface area (Å²) >= 11 is 0. The Morgan fingerprint density at radius 3 is 2.92 bits per heavy atom. The Labute approximate surface area is 135 Å². The summed E-state index contributed by atoms with van der Waals surface area (Å²) in [5, 5.41) is 21.4. The fourth-order valence-electron chi connectivity index (χ4n) is 2.45. The summed E-state index contributed by atoms with van der Waals surface area (Å²) < 4.78 is 1.44. The molecular formula is C15H12N8O. The highest BCUT2D eigenvalue weighted by Crippen LogP contribution is 2.23. The van der Waals surface area contributed by atoms with Gasteiger partial charge in [0.1, 0.15) is 6.33 Å². The Bertz CT molecular complexity index is 1020. The Morgan fingerprint density at radius 1 is 1.21 bits per heavy atom. The number of H-pyrrole nitrogens is 1. The second-order valence-corrected chi connectivity index (χ2v) is 5.09. The van der Waals surface area contributed by atoms with Crippen LogP contribution in [0.4, 0.5) is 11.5 Å². The van der Waals surface area contributed by atoms with Crippen LogP contribution in [0, 0.1) is 0 Å². The van der Waals surface area contributed by atoms with Gasteiger partial charge in [-0.3, -0.25) is 9.89 Å². The number of aromatic amines is 1. The third kappa shape index (κ3) is 2.33. The van der Waals surface area contributed by atoms with E-state index < -0.39 is 0 Å². The first-order valence-corrected chi connectivity index (χ1v) is 7.10. The second-order valence-electron chi connectivity index (χ2n) is 5.09. The molecule has 2 heterocycles. The maximum absolute atomic E-state index is 12.6. The van der Waals surface area contributed by atoms with E-state index in [1.807, 2.05) is 12.1 Å². The minimum atomic E-state index is -0.275. The fourth-order valence-corrected chi connectivity index (χ4v) is 2.45. The Hall–Kier alpha value is -3.75. The van der Waals surface area contributed by atoms with Gasteiger partial charge in [-0.05, 0) is 40.8 Å². The molecule has 0 fully saturated rings. The van der Waals surface area contributed by atoms with Crippen LogP contribution < -0.4 is 11.1 Å². The molecule has 0 unspecified atom stereocenters. The molecule has 2 aromatic heterocycles. The van der Waals surface area contributed by atoms with Crippen LogP contribution in [0.15, 0.2) is 48.8 Å². The smallest absolute Gasteiger partial charge is 0.257 e. The summed E-state index contributed by atoms with van der Waals surface area (Å²) in [7, 11) is 0. The van der Waals surface area contributed by atoms with Crippen molar-refractivity contribution in [2.24, 2.45) is 0 Å². The molecular weight excluding hydrogens is 308 g/mol. The van der Waals surface area contributed by atoms with Crippen molar-refractivity contribution < 1.29 is 4.79 Å². The summed E-state index contributed by atoms with van der Waals surface area (Å²) in [6.45, 7) is 0. The monoisotopic (exact) mass is 320 g/mol. The minimum absolute atomic E-state index is 0.275. The first kappa shape index (κ1) is 13.9. The number of fused-ring (bicyclic) bond motifs is 1. The Balaban J connectivity index is 1.68. The first-order chi connectivity index (χ1) is 11.7. The zero-order valence-electron chi connectivity index (χ0n) is 12.3. The fraction of sp³-hybridized carbons (Fsp3) is 0. The van der Waals surface area contributed by atoms with Gasteiger partial charge in [0, 0.05) is 11.1 Å². The molecule has 0 spiro atoms. The standard InChI is InChI=1S/C15H12N8O/c16-14-11-7-9(5-6-12(11)19-20-14)18-15(24)10-3-1-2-4-13(10)23-8-17-21-22-23/h1-8H,(H,18,24)(H3,16,19,20). The number of benzene rings is 2. The molecule has 0 saturated carbocycles. The number of para-hydroxylation sites is 1. The molecule has 118 valence electrons. The number of anilines is 2. The van der Waals surface area contributed by atoms with E-state index in [9.17, 15) is 4.79 Å². The number of nitrogens with two attached hydrogens (primary N) is 1. The van der Waals surface area contributed by atoms with Crippen LogP contribution in [-0.2, 0) is 0 Å². The van der Waals surface area contributed by atoms with Gasteiger partial charge in [0.2, 0.25) is 0 Å². The lowest BCUT2D eigenvalue weighted by Gasteiger charge is -2.09. The molecule has 1 amide bonds. The Morgan fingerprint density at radius 2 is 2.08 bits per heavy atom. The summed E-state index contributed by atoms with van der Waals surface area (Å²) in [5.74, 6) is 0.109. The molecule has 0 atom stereocenters. The highest BCUT2D eigenvalue weighted by molar-refractivity contribution is 6.07. The van der Waals surface area contributed by atoms with Crippen molar-refractivity contribution in [2.75, 3.05) is 11.1 Å². The van der Waals surface area contributed by atoms with Crippen LogP contribution in [0.2, 0.25) is 0 Å². The van der Waals surface area contributed by atoms with Crippen molar-refractivity contribution in [3.8, 4) is 5.69 Å².